The fourth-order valence-electron chi connectivity index (χ4n) is 3.52. The Morgan fingerprint density at radius 3 is 3.00 bits per heavy atom. The van der Waals surface area contributed by atoms with E-state index >= 15 is 0 Å². The number of hydrogen-bond acceptors (Lipinski definition) is 3. The molecule has 24 heavy (non-hydrogen) atoms. The van der Waals surface area contributed by atoms with E-state index in [-0.39, 0.29) is 17.6 Å². The predicted octanol–water partition coefficient (Wildman–Crippen LogP) is 3.20. The van der Waals surface area contributed by atoms with Crippen LogP contribution in [0.15, 0.2) is 18.2 Å². The number of amides is 1. The standard InChI is InChI=1S/C18H24FN3O2/c1-13-7-5-10-15-20-16(17(19)22(13)15)18(23)21-11-4-3-8-14(21)9-6-12-24-2/h5,7,10,14H,3-4,6,8-9,11-12H2,1-2H3/t14-/m1/s1. The Morgan fingerprint density at radius 1 is 1.42 bits per heavy atom. The van der Waals surface area contributed by atoms with Crippen LogP contribution >= 0.6 is 0 Å². The van der Waals surface area contributed by atoms with Crippen molar-refractivity contribution in [2.45, 2.75) is 45.1 Å². The lowest BCUT2D eigenvalue weighted by Crippen LogP contribution is -2.44. The van der Waals surface area contributed by atoms with Crippen LogP contribution in [0.1, 0.15) is 48.3 Å². The van der Waals surface area contributed by atoms with Gasteiger partial charge in [0.1, 0.15) is 5.65 Å². The fraction of sp³-hybridized carbons (Fsp3) is 0.556. The smallest absolute Gasteiger partial charge is 0.277 e. The highest BCUT2D eigenvalue weighted by Gasteiger charge is 2.31. The largest absolute Gasteiger partial charge is 0.385 e. The summed E-state index contributed by atoms with van der Waals surface area (Å²) in [6, 6.07) is 5.49. The van der Waals surface area contributed by atoms with Crippen molar-refractivity contribution in [3.8, 4) is 0 Å². The number of ether oxygens (including phenoxy) is 1. The Labute approximate surface area is 141 Å². The first-order valence-corrected chi connectivity index (χ1v) is 8.57. The summed E-state index contributed by atoms with van der Waals surface area (Å²) in [5.41, 5.74) is 1.14. The van der Waals surface area contributed by atoms with E-state index in [1.54, 1.807) is 31.1 Å². The summed E-state index contributed by atoms with van der Waals surface area (Å²) < 4.78 is 21.3. The molecule has 0 spiro atoms. The lowest BCUT2D eigenvalue weighted by atomic mass is 9.97. The molecule has 0 unspecified atom stereocenters. The zero-order valence-corrected chi connectivity index (χ0v) is 14.3. The summed E-state index contributed by atoms with van der Waals surface area (Å²) in [6.45, 7) is 3.16. The van der Waals surface area contributed by atoms with Crippen molar-refractivity contribution in [3.63, 3.8) is 0 Å². The number of carbonyl (C=O) groups excluding carboxylic acids is 1. The van der Waals surface area contributed by atoms with E-state index in [9.17, 15) is 9.18 Å². The fourth-order valence-corrected chi connectivity index (χ4v) is 3.52. The van der Waals surface area contributed by atoms with Gasteiger partial charge in [0.15, 0.2) is 5.69 Å². The summed E-state index contributed by atoms with van der Waals surface area (Å²) in [6.07, 6.45) is 4.81. The van der Waals surface area contributed by atoms with Crippen LogP contribution in [0.4, 0.5) is 4.39 Å². The molecule has 1 saturated heterocycles. The normalized spacial score (nSPS) is 18.3. The van der Waals surface area contributed by atoms with Crippen molar-refractivity contribution in [3.05, 3.63) is 35.5 Å². The molecule has 0 aliphatic carbocycles. The maximum absolute atomic E-state index is 14.8. The second kappa shape index (κ2) is 7.30. The maximum atomic E-state index is 14.8. The zero-order valence-electron chi connectivity index (χ0n) is 14.3. The number of aromatic nitrogens is 2. The maximum Gasteiger partial charge on any atom is 0.277 e. The van der Waals surface area contributed by atoms with Crippen molar-refractivity contribution in [1.82, 2.24) is 14.3 Å². The third-order valence-corrected chi connectivity index (χ3v) is 4.76. The van der Waals surface area contributed by atoms with Gasteiger partial charge in [-0.05, 0) is 51.2 Å². The molecule has 0 N–H and O–H groups in total. The number of methoxy groups -OCH3 is 1. The molecule has 130 valence electrons. The molecule has 3 heterocycles. The zero-order chi connectivity index (χ0) is 17.1. The Bertz CT molecular complexity index is 728. The number of fused-ring (bicyclic) bond motifs is 1. The Hall–Kier alpha value is -1.95. The first-order chi connectivity index (χ1) is 11.6. The number of rotatable bonds is 5. The van der Waals surface area contributed by atoms with Crippen LogP contribution in [0.5, 0.6) is 0 Å². The lowest BCUT2D eigenvalue weighted by molar-refractivity contribution is 0.0574. The number of likely N-dealkylation sites (tertiary alicyclic amines) is 1. The quantitative estimate of drug-likeness (QED) is 0.790. The predicted molar refractivity (Wildman–Crippen MR) is 89.7 cm³/mol. The summed E-state index contributed by atoms with van der Waals surface area (Å²) in [5.74, 6) is -0.855. The molecule has 1 aliphatic rings. The minimum Gasteiger partial charge on any atom is -0.385 e. The number of piperidine rings is 1. The number of hydrogen-bond donors (Lipinski definition) is 0. The van der Waals surface area contributed by atoms with Gasteiger partial charge in [0.2, 0.25) is 5.95 Å². The summed E-state index contributed by atoms with van der Waals surface area (Å²) in [7, 11) is 1.68. The molecule has 1 atom stereocenters. The summed E-state index contributed by atoms with van der Waals surface area (Å²) in [4.78, 5) is 19.0. The average Bonchev–Trinajstić information content (AvgIpc) is 2.93. The summed E-state index contributed by atoms with van der Waals surface area (Å²) in [5, 5.41) is 0. The van der Waals surface area contributed by atoms with E-state index in [2.05, 4.69) is 4.98 Å². The third-order valence-electron chi connectivity index (χ3n) is 4.76. The van der Waals surface area contributed by atoms with Crippen LogP contribution in [-0.2, 0) is 4.74 Å². The number of pyridine rings is 1. The SMILES string of the molecule is COCCC[C@H]1CCCCN1C(=O)c1nc2cccc(C)n2c1F. The molecule has 2 aromatic rings. The van der Waals surface area contributed by atoms with Gasteiger partial charge >= 0.3 is 0 Å². The van der Waals surface area contributed by atoms with Crippen LogP contribution in [0, 0.1) is 12.9 Å². The number of halogens is 1. The van der Waals surface area contributed by atoms with E-state index in [0.29, 0.717) is 18.8 Å². The minimum atomic E-state index is -0.561. The van der Waals surface area contributed by atoms with Crippen LogP contribution < -0.4 is 0 Å². The van der Waals surface area contributed by atoms with Crippen LogP contribution in [-0.4, -0.2) is 46.5 Å². The van der Waals surface area contributed by atoms with Gasteiger partial charge in [0.05, 0.1) is 0 Å². The van der Waals surface area contributed by atoms with Crippen molar-refractivity contribution in [2.75, 3.05) is 20.3 Å². The Kier molecular flexibility index (Phi) is 5.14. The Morgan fingerprint density at radius 2 is 2.25 bits per heavy atom. The molecule has 0 saturated carbocycles. The second-order valence-corrected chi connectivity index (χ2v) is 6.40. The first kappa shape index (κ1) is 16.9. The lowest BCUT2D eigenvalue weighted by Gasteiger charge is -2.35. The molecular formula is C18H24FN3O2. The van der Waals surface area contributed by atoms with Gasteiger partial charge in [-0.25, -0.2) is 4.98 Å². The first-order valence-electron chi connectivity index (χ1n) is 8.57. The van der Waals surface area contributed by atoms with Crippen molar-refractivity contribution >= 4 is 11.6 Å². The van der Waals surface area contributed by atoms with Gasteiger partial charge in [0.25, 0.3) is 5.91 Å². The topological polar surface area (TPSA) is 46.8 Å². The number of aryl methyl sites for hydroxylation is 1. The molecule has 2 aromatic heterocycles. The van der Waals surface area contributed by atoms with Gasteiger partial charge in [-0.2, -0.15) is 4.39 Å². The second-order valence-electron chi connectivity index (χ2n) is 6.40. The van der Waals surface area contributed by atoms with Crippen LogP contribution in [0.2, 0.25) is 0 Å². The van der Waals surface area contributed by atoms with Gasteiger partial charge in [-0.3, -0.25) is 9.20 Å². The molecule has 1 fully saturated rings. The van der Waals surface area contributed by atoms with Gasteiger partial charge in [-0.1, -0.05) is 6.07 Å². The summed E-state index contributed by atoms with van der Waals surface area (Å²) >= 11 is 0. The van der Waals surface area contributed by atoms with Crippen molar-refractivity contribution in [1.29, 1.82) is 0 Å². The molecule has 0 bridgehead atoms. The molecular weight excluding hydrogens is 309 g/mol. The number of carbonyl (C=O) groups is 1. The molecule has 0 aromatic carbocycles. The molecule has 5 nitrogen and oxygen atoms in total. The highest BCUT2D eigenvalue weighted by atomic mass is 19.1. The minimum absolute atomic E-state index is 0.0667. The van der Waals surface area contributed by atoms with Crippen LogP contribution in [0.25, 0.3) is 5.65 Å². The molecule has 0 radical (unpaired) electrons. The molecule has 3 rings (SSSR count). The van der Waals surface area contributed by atoms with Crippen molar-refractivity contribution < 1.29 is 13.9 Å². The molecule has 6 heteroatoms. The monoisotopic (exact) mass is 333 g/mol. The van der Waals surface area contributed by atoms with E-state index < -0.39 is 5.95 Å². The van der Waals surface area contributed by atoms with Gasteiger partial charge < -0.3 is 9.64 Å². The van der Waals surface area contributed by atoms with E-state index in [1.165, 1.54) is 4.40 Å². The van der Waals surface area contributed by atoms with E-state index in [0.717, 1.165) is 37.8 Å². The van der Waals surface area contributed by atoms with Gasteiger partial charge in [0, 0.05) is 32.0 Å². The Balaban J connectivity index is 1.86. The van der Waals surface area contributed by atoms with Gasteiger partial charge in [-0.15, -0.1) is 0 Å². The molecule has 1 amide bonds. The highest BCUT2D eigenvalue weighted by molar-refractivity contribution is 5.93. The average molecular weight is 333 g/mol. The number of imidazole rings is 1. The van der Waals surface area contributed by atoms with Crippen molar-refractivity contribution in [2.24, 2.45) is 0 Å². The molecule has 1 aliphatic heterocycles. The van der Waals surface area contributed by atoms with E-state index in [4.69, 9.17) is 4.74 Å². The van der Waals surface area contributed by atoms with E-state index in [1.807, 2.05) is 6.07 Å². The van der Waals surface area contributed by atoms with Crippen LogP contribution in [0.3, 0.4) is 0 Å². The number of nitrogens with zero attached hydrogens (tertiary/aromatic N) is 3. The third kappa shape index (κ3) is 3.15. The highest BCUT2D eigenvalue weighted by Crippen LogP contribution is 2.24.